The van der Waals surface area contributed by atoms with Crippen LogP contribution in [0.25, 0.3) is 0 Å². The summed E-state index contributed by atoms with van der Waals surface area (Å²) in [6.45, 7) is 0. The molecule has 0 saturated carbocycles. The zero-order valence-corrected chi connectivity index (χ0v) is 11.6. The van der Waals surface area contributed by atoms with Crippen LogP contribution in [0.15, 0.2) is 23.1 Å². The first kappa shape index (κ1) is 14.1. The summed E-state index contributed by atoms with van der Waals surface area (Å²) < 4.78 is 34.8. The van der Waals surface area contributed by atoms with E-state index in [1.54, 1.807) is 0 Å². The van der Waals surface area contributed by atoms with Crippen molar-refractivity contribution in [3.05, 3.63) is 23.8 Å². The highest BCUT2D eigenvalue weighted by atomic mass is 32.2. The first-order chi connectivity index (χ1) is 9.44. The van der Waals surface area contributed by atoms with Crippen LogP contribution in [0.1, 0.15) is 10.4 Å². The lowest BCUT2D eigenvalue weighted by Crippen LogP contribution is -2.14. The Bertz CT molecular complexity index is 729. The second-order valence-corrected chi connectivity index (χ2v) is 5.83. The van der Waals surface area contributed by atoms with E-state index in [-0.39, 0.29) is 21.3 Å². The Morgan fingerprint density at radius 1 is 1.45 bits per heavy atom. The molecule has 2 aromatic rings. The van der Waals surface area contributed by atoms with E-state index in [9.17, 15) is 13.2 Å². The van der Waals surface area contributed by atoms with Crippen molar-refractivity contribution in [1.29, 1.82) is 0 Å². The molecule has 0 unspecified atom stereocenters. The van der Waals surface area contributed by atoms with Gasteiger partial charge >= 0.3 is 5.97 Å². The van der Waals surface area contributed by atoms with Gasteiger partial charge in [0, 0.05) is 11.5 Å². The molecule has 0 aliphatic heterocycles. The third kappa shape index (κ3) is 2.83. The second-order valence-electron chi connectivity index (χ2n) is 3.44. The number of nitrogens with zero attached hydrogens (tertiary/aromatic N) is 3. The minimum Gasteiger partial charge on any atom is -0.495 e. The van der Waals surface area contributed by atoms with Gasteiger partial charge in [-0.2, -0.15) is 0 Å². The van der Waals surface area contributed by atoms with Crippen molar-refractivity contribution in [3.8, 4) is 5.75 Å². The van der Waals surface area contributed by atoms with Crippen molar-refractivity contribution in [1.82, 2.24) is 14.8 Å². The number of carboxylic acids is 1. The summed E-state index contributed by atoms with van der Waals surface area (Å²) in [5, 5.41) is 15.6. The third-order valence-corrected chi connectivity index (χ3v) is 4.24. The number of benzene rings is 1. The van der Waals surface area contributed by atoms with Crippen molar-refractivity contribution < 1.29 is 23.1 Å². The quantitative estimate of drug-likeness (QED) is 0.812. The van der Waals surface area contributed by atoms with Gasteiger partial charge in [-0.3, -0.25) is 4.72 Å². The van der Waals surface area contributed by atoms with E-state index < -0.39 is 16.0 Å². The van der Waals surface area contributed by atoms with Gasteiger partial charge in [-0.15, -0.1) is 0 Å². The maximum atomic E-state index is 12.1. The normalized spacial score (nSPS) is 11.1. The van der Waals surface area contributed by atoms with Crippen LogP contribution in [-0.2, 0) is 10.0 Å². The lowest BCUT2D eigenvalue weighted by Gasteiger charge is -2.10. The minimum absolute atomic E-state index is 0.00522. The zero-order chi connectivity index (χ0) is 14.8. The Hall–Kier alpha value is -2.27. The molecule has 0 saturated heterocycles. The van der Waals surface area contributed by atoms with Gasteiger partial charge in [0.15, 0.2) is 0 Å². The van der Waals surface area contributed by atoms with Crippen molar-refractivity contribution >= 4 is 32.7 Å². The molecule has 9 nitrogen and oxygen atoms in total. The number of nitrogens with one attached hydrogen (secondary N) is 1. The summed E-state index contributed by atoms with van der Waals surface area (Å²) in [5.74, 6) is -1.27. The van der Waals surface area contributed by atoms with Crippen LogP contribution in [0.2, 0.25) is 0 Å². The number of hydrogen-bond acceptors (Lipinski definition) is 8. The largest absolute Gasteiger partial charge is 0.495 e. The molecule has 1 heterocycles. The molecule has 0 aliphatic rings. The van der Waals surface area contributed by atoms with Gasteiger partial charge in [-0.1, -0.05) is 9.59 Å². The van der Waals surface area contributed by atoms with Crippen LogP contribution in [0.3, 0.4) is 0 Å². The number of carboxylic acid groups (broad SMARTS) is 1. The van der Waals surface area contributed by atoms with Gasteiger partial charge in [-0.25, -0.2) is 13.2 Å². The summed E-state index contributed by atoms with van der Waals surface area (Å²) in [6, 6.07) is 3.42. The number of aromatic nitrogens is 3. The standard InChI is InChI=1S/C9H8N4O5S2/c1-18-6-4-5(8(14)15)2-3-7(6)20(16,17)11-9-10-12-13-19-9/h2-4H,1H3,(H,14,15)(H,10,11,13). The van der Waals surface area contributed by atoms with Crippen LogP contribution >= 0.6 is 11.5 Å². The van der Waals surface area contributed by atoms with E-state index >= 15 is 0 Å². The van der Waals surface area contributed by atoms with E-state index in [1.165, 1.54) is 7.11 Å². The Kier molecular flexibility index (Phi) is 3.81. The van der Waals surface area contributed by atoms with Crippen LogP contribution in [0, 0.1) is 0 Å². The highest BCUT2D eigenvalue weighted by molar-refractivity contribution is 7.93. The lowest BCUT2D eigenvalue weighted by atomic mass is 10.2. The molecule has 0 bridgehead atoms. The fourth-order valence-electron chi connectivity index (χ4n) is 1.37. The third-order valence-electron chi connectivity index (χ3n) is 2.22. The molecule has 0 atom stereocenters. The number of hydrogen-bond donors (Lipinski definition) is 2. The molecule has 2 N–H and O–H groups in total. The van der Waals surface area contributed by atoms with Crippen molar-refractivity contribution in [2.45, 2.75) is 4.90 Å². The van der Waals surface area contributed by atoms with Gasteiger partial charge in [-0.05, 0) is 23.4 Å². The second kappa shape index (κ2) is 5.38. The molecular weight excluding hydrogens is 308 g/mol. The maximum Gasteiger partial charge on any atom is 0.335 e. The van der Waals surface area contributed by atoms with Crippen LogP contribution in [0.4, 0.5) is 5.13 Å². The summed E-state index contributed by atoms with van der Waals surface area (Å²) in [4.78, 5) is 10.6. The molecule has 106 valence electrons. The highest BCUT2D eigenvalue weighted by Gasteiger charge is 2.22. The van der Waals surface area contributed by atoms with Crippen molar-refractivity contribution in [3.63, 3.8) is 0 Å². The summed E-state index contributed by atoms with van der Waals surface area (Å²) in [6.07, 6.45) is 0. The van der Waals surface area contributed by atoms with Gasteiger partial charge in [0.25, 0.3) is 10.0 Å². The van der Waals surface area contributed by atoms with E-state index in [0.717, 1.165) is 29.7 Å². The van der Waals surface area contributed by atoms with E-state index in [4.69, 9.17) is 9.84 Å². The first-order valence-electron chi connectivity index (χ1n) is 5.03. The van der Waals surface area contributed by atoms with Crippen LogP contribution in [0.5, 0.6) is 5.75 Å². The first-order valence-corrected chi connectivity index (χ1v) is 7.29. The molecular formula is C9H8N4O5S2. The number of anilines is 1. The van der Waals surface area contributed by atoms with Crippen LogP contribution < -0.4 is 9.46 Å². The zero-order valence-electron chi connectivity index (χ0n) is 9.97. The summed E-state index contributed by atoms with van der Waals surface area (Å²) in [7, 11) is -2.73. The molecule has 0 aliphatic carbocycles. The SMILES string of the molecule is COc1cc(C(=O)O)ccc1S(=O)(=O)Nc1nnns1. The molecule has 1 aromatic carbocycles. The highest BCUT2D eigenvalue weighted by Crippen LogP contribution is 2.27. The number of rotatable bonds is 5. The predicted octanol–water partition coefficient (Wildman–Crippen LogP) is 0.441. The number of carbonyl (C=O) groups is 1. The molecule has 20 heavy (non-hydrogen) atoms. The van der Waals surface area contributed by atoms with Crippen molar-refractivity contribution in [2.75, 3.05) is 11.8 Å². The fourth-order valence-corrected chi connectivity index (χ4v) is 3.10. The van der Waals surface area contributed by atoms with Crippen molar-refractivity contribution in [2.24, 2.45) is 0 Å². The maximum absolute atomic E-state index is 12.1. The average molecular weight is 316 g/mol. The monoisotopic (exact) mass is 316 g/mol. The fraction of sp³-hybridized carbons (Fsp3) is 0.111. The summed E-state index contributed by atoms with van der Waals surface area (Å²) in [5.41, 5.74) is -0.0848. The van der Waals surface area contributed by atoms with Gasteiger partial charge in [0.2, 0.25) is 5.13 Å². The molecule has 2 rings (SSSR count). The average Bonchev–Trinajstić information content (AvgIpc) is 2.89. The topological polar surface area (TPSA) is 131 Å². The molecule has 0 radical (unpaired) electrons. The van der Waals surface area contributed by atoms with E-state index in [2.05, 4.69) is 19.5 Å². The molecule has 11 heteroatoms. The molecule has 0 amide bonds. The van der Waals surface area contributed by atoms with E-state index in [0.29, 0.717) is 0 Å². The molecule has 0 fully saturated rings. The number of aromatic carboxylic acids is 1. The van der Waals surface area contributed by atoms with Crippen LogP contribution in [-0.4, -0.2) is 41.4 Å². The Morgan fingerprint density at radius 3 is 2.75 bits per heavy atom. The smallest absolute Gasteiger partial charge is 0.335 e. The van der Waals surface area contributed by atoms with Gasteiger partial charge in [0.1, 0.15) is 10.6 Å². The molecule has 1 aromatic heterocycles. The lowest BCUT2D eigenvalue weighted by molar-refractivity contribution is 0.0696. The van der Waals surface area contributed by atoms with E-state index in [1.807, 2.05) is 0 Å². The number of sulfonamides is 1. The Morgan fingerprint density at radius 2 is 2.20 bits per heavy atom. The minimum atomic E-state index is -3.97. The van der Waals surface area contributed by atoms with Gasteiger partial charge < -0.3 is 9.84 Å². The molecule has 0 spiro atoms. The predicted molar refractivity (Wildman–Crippen MR) is 68.5 cm³/mol. The van der Waals surface area contributed by atoms with Gasteiger partial charge in [0.05, 0.1) is 12.7 Å². The number of ether oxygens (including phenoxy) is 1. The Labute approximate surface area is 117 Å². The Balaban J connectivity index is 2.43. The summed E-state index contributed by atoms with van der Waals surface area (Å²) >= 11 is 0.769. The number of methoxy groups -OCH3 is 1.